The van der Waals surface area contributed by atoms with Crippen molar-refractivity contribution in [1.29, 1.82) is 0 Å². The van der Waals surface area contributed by atoms with Crippen LogP contribution in [-0.4, -0.2) is 29.0 Å². The van der Waals surface area contributed by atoms with E-state index in [9.17, 15) is 16.8 Å². The lowest BCUT2D eigenvalue weighted by Crippen LogP contribution is -2.22. The lowest BCUT2D eigenvalue weighted by Gasteiger charge is -2.23. The standard InChI is InChI=1S/C24H28Cl2O6S2/c25-17-11-13-21(23(15-17)33(27,28)31-19-7-3-1-4-8-19)22-14-12-18(26)16-24(22)34(29,30)32-20-9-5-2-6-10-20/h11-16,19-20H,1-10H2. The zero-order valence-electron chi connectivity index (χ0n) is 18.7. The van der Waals surface area contributed by atoms with Gasteiger partial charge in [-0.05, 0) is 49.9 Å². The Hall–Kier alpha value is -1.16. The molecule has 0 aliphatic heterocycles. The molecule has 0 N–H and O–H groups in total. The van der Waals surface area contributed by atoms with Crippen LogP contribution in [-0.2, 0) is 28.6 Å². The second kappa shape index (κ2) is 10.8. The Balaban J connectivity index is 1.76. The number of halogens is 2. The third kappa shape index (κ3) is 6.15. The van der Waals surface area contributed by atoms with Crippen LogP contribution in [0.4, 0.5) is 0 Å². The average Bonchev–Trinajstić information content (AvgIpc) is 2.80. The fourth-order valence-electron chi connectivity index (χ4n) is 4.64. The molecule has 2 saturated carbocycles. The maximum absolute atomic E-state index is 13.3. The molecule has 10 heteroatoms. The Labute approximate surface area is 211 Å². The zero-order valence-corrected chi connectivity index (χ0v) is 21.9. The molecule has 0 spiro atoms. The largest absolute Gasteiger partial charge is 0.297 e. The summed E-state index contributed by atoms with van der Waals surface area (Å²) < 4.78 is 64.3. The van der Waals surface area contributed by atoms with Crippen molar-refractivity contribution in [2.75, 3.05) is 0 Å². The van der Waals surface area contributed by atoms with Gasteiger partial charge in [0, 0.05) is 21.2 Å². The maximum Gasteiger partial charge on any atom is 0.297 e. The van der Waals surface area contributed by atoms with Gasteiger partial charge in [0.15, 0.2) is 0 Å². The molecule has 0 atom stereocenters. The molecule has 0 radical (unpaired) electrons. The second-order valence-electron chi connectivity index (χ2n) is 8.90. The molecule has 186 valence electrons. The molecule has 0 saturated heterocycles. The van der Waals surface area contributed by atoms with Crippen LogP contribution >= 0.6 is 23.2 Å². The van der Waals surface area contributed by atoms with Gasteiger partial charge in [-0.3, -0.25) is 8.37 Å². The molecule has 2 aromatic carbocycles. The first kappa shape index (κ1) is 25.9. The maximum atomic E-state index is 13.3. The summed E-state index contributed by atoms with van der Waals surface area (Å²) in [4.78, 5) is -0.357. The van der Waals surface area contributed by atoms with Crippen LogP contribution in [0.2, 0.25) is 10.0 Å². The SMILES string of the molecule is O=S(=O)(OC1CCCCC1)c1cc(Cl)ccc1-c1ccc(Cl)cc1S(=O)(=O)OC1CCCCC1. The van der Waals surface area contributed by atoms with E-state index < -0.39 is 32.4 Å². The highest BCUT2D eigenvalue weighted by Crippen LogP contribution is 2.38. The van der Waals surface area contributed by atoms with Crippen molar-refractivity contribution >= 4 is 43.4 Å². The Bertz CT molecular complexity index is 1130. The summed E-state index contributed by atoms with van der Waals surface area (Å²) in [5.41, 5.74) is 0.338. The first-order chi connectivity index (χ1) is 16.2. The number of benzene rings is 2. The minimum atomic E-state index is -4.21. The van der Waals surface area contributed by atoms with Crippen LogP contribution < -0.4 is 0 Å². The summed E-state index contributed by atoms with van der Waals surface area (Å²) in [5.74, 6) is 0. The first-order valence-electron chi connectivity index (χ1n) is 11.6. The fraction of sp³-hybridized carbons (Fsp3) is 0.500. The minimum absolute atomic E-state index is 0.169. The molecular formula is C24H28Cl2O6S2. The molecule has 2 aliphatic carbocycles. The van der Waals surface area contributed by atoms with Gasteiger partial charge in [0.25, 0.3) is 20.2 Å². The van der Waals surface area contributed by atoms with E-state index >= 15 is 0 Å². The molecule has 2 aliphatic rings. The predicted octanol–water partition coefficient (Wildman–Crippen LogP) is 6.74. The fourth-order valence-corrected chi connectivity index (χ4v) is 7.86. The van der Waals surface area contributed by atoms with Crippen LogP contribution in [0.5, 0.6) is 0 Å². The van der Waals surface area contributed by atoms with E-state index in [1.807, 2.05) is 0 Å². The van der Waals surface area contributed by atoms with Crippen LogP contribution in [0, 0.1) is 0 Å². The van der Waals surface area contributed by atoms with Crippen molar-refractivity contribution < 1.29 is 25.2 Å². The topological polar surface area (TPSA) is 86.7 Å². The van der Waals surface area contributed by atoms with Gasteiger partial charge in [-0.25, -0.2) is 0 Å². The molecule has 2 fully saturated rings. The molecular weight excluding hydrogens is 519 g/mol. The lowest BCUT2D eigenvalue weighted by molar-refractivity contribution is 0.161. The monoisotopic (exact) mass is 546 g/mol. The van der Waals surface area contributed by atoms with E-state index in [-0.39, 0.29) is 31.0 Å². The van der Waals surface area contributed by atoms with Gasteiger partial charge in [0.1, 0.15) is 9.79 Å². The zero-order chi connectivity index (χ0) is 24.3. The summed E-state index contributed by atoms with van der Waals surface area (Å²) in [5, 5.41) is 0.401. The van der Waals surface area contributed by atoms with E-state index in [1.54, 1.807) is 0 Å². The van der Waals surface area contributed by atoms with Crippen molar-refractivity contribution in [2.45, 2.75) is 86.2 Å². The number of hydrogen-bond acceptors (Lipinski definition) is 6. The van der Waals surface area contributed by atoms with Gasteiger partial charge in [0.2, 0.25) is 0 Å². The minimum Gasteiger partial charge on any atom is -0.263 e. The van der Waals surface area contributed by atoms with Gasteiger partial charge in [0.05, 0.1) is 12.2 Å². The molecule has 34 heavy (non-hydrogen) atoms. The van der Waals surface area contributed by atoms with Crippen LogP contribution in [0.25, 0.3) is 11.1 Å². The highest BCUT2D eigenvalue weighted by Gasteiger charge is 2.31. The van der Waals surface area contributed by atoms with Crippen LogP contribution in [0.3, 0.4) is 0 Å². The Kier molecular flexibility index (Phi) is 8.27. The van der Waals surface area contributed by atoms with Crippen LogP contribution in [0.15, 0.2) is 46.2 Å². The van der Waals surface area contributed by atoms with Crippen molar-refractivity contribution in [2.24, 2.45) is 0 Å². The molecule has 0 unspecified atom stereocenters. The molecule has 4 rings (SSSR count). The van der Waals surface area contributed by atoms with Gasteiger partial charge in [-0.2, -0.15) is 16.8 Å². The molecule has 0 heterocycles. The van der Waals surface area contributed by atoms with Gasteiger partial charge >= 0.3 is 0 Å². The second-order valence-corrected chi connectivity index (χ2v) is 12.9. The number of rotatable bonds is 7. The normalized spacial score (nSPS) is 18.8. The Morgan fingerprint density at radius 1 is 0.588 bits per heavy atom. The Morgan fingerprint density at radius 2 is 0.941 bits per heavy atom. The summed E-state index contributed by atoms with van der Waals surface area (Å²) in [6.45, 7) is 0. The molecule has 0 amide bonds. The summed E-state index contributed by atoms with van der Waals surface area (Å²) in [6.07, 6.45) is 7.53. The van der Waals surface area contributed by atoms with Crippen molar-refractivity contribution in [3.8, 4) is 11.1 Å². The van der Waals surface area contributed by atoms with Gasteiger partial charge in [-0.15, -0.1) is 0 Å². The first-order valence-corrected chi connectivity index (χ1v) is 15.2. The van der Waals surface area contributed by atoms with Crippen molar-refractivity contribution in [3.63, 3.8) is 0 Å². The molecule has 0 aromatic heterocycles. The summed E-state index contributed by atoms with van der Waals surface area (Å²) in [7, 11) is -8.43. The highest BCUT2D eigenvalue weighted by atomic mass is 35.5. The smallest absolute Gasteiger partial charge is 0.263 e. The lowest BCUT2D eigenvalue weighted by atomic mass is 9.98. The molecule has 0 bridgehead atoms. The van der Waals surface area contributed by atoms with E-state index in [2.05, 4.69) is 0 Å². The van der Waals surface area contributed by atoms with Crippen molar-refractivity contribution in [3.05, 3.63) is 46.4 Å². The third-order valence-electron chi connectivity index (χ3n) is 6.35. The third-order valence-corrected chi connectivity index (χ3v) is 9.62. The van der Waals surface area contributed by atoms with Crippen molar-refractivity contribution in [1.82, 2.24) is 0 Å². The summed E-state index contributed by atoms with van der Waals surface area (Å²) in [6, 6.07) is 8.60. The Morgan fingerprint density at radius 3 is 1.29 bits per heavy atom. The molecule has 6 nitrogen and oxygen atoms in total. The van der Waals surface area contributed by atoms with E-state index in [4.69, 9.17) is 31.6 Å². The van der Waals surface area contributed by atoms with Gasteiger partial charge in [-0.1, -0.05) is 73.9 Å². The van der Waals surface area contributed by atoms with E-state index in [0.29, 0.717) is 25.7 Å². The number of hydrogen-bond donors (Lipinski definition) is 0. The van der Waals surface area contributed by atoms with E-state index in [1.165, 1.54) is 36.4 Å². The van der Waals surface area contributed by atoms with Gasteiger partial charge < -0.3 is 0 Å². The predicted molar refractivity (Wildman–Crippen MR) is 132 cm³/mol. The van der Waals surface area contributed by atoms with E-state index in [0.717, 1.165) is 38.5 Å². The summed E-state index contributed by atoms with van der Waals surface area (Å²) >= 11 is 12.3. The average molecular weight is 548 g/mol. The quantitative estimate of drug-likeness (QED) is 0.357. The highest BCUT2D eigenvalue weighted by molar-refractivity contribution is 7.87. The molecule has 2 aromatic rings. The van der Waals surface area contributed by atoms with Crippen LogP contribution in [0.1, 0.15) is 64.2 Å².